The highest BCUT2D eigenvalue weighted by molar-refractivity contribution is 6.08. The van der Waals surface area contributed by atoms with E-state index in [1.807, 2.05) is 24.9 Å². The average Bonchev–Trinajstić information content (AvgIpc) is 2.96. The van der Waals surface area contributed by atoms with Gasteiger partial charge in [-0.1, -0.05) is 18.2 Å². The number of piperidine rings is 1. The molecule has 3 saturated heterocycles. The van der Waals surface area contributed by atoms with Gasteiger partial charge in [-0.15, -0.1) is 0 Å². The third-order valence-electron chi connectivity index (χ3n) is 7.18. The van der Waals surface area contributed by atoms with Crippen molar-refractivity contribution in [3.8, 4) is 0 Å². The number of ether oxygens (including phenoxy) is 1. The van der Waals surface area contributed by atoms with Gasteiger partial charge in [0.25, 0.3) is 0 Å². The Balaban J connectivity index is 1.62. The maximum atomic E-state index is 13.5. The quantitative estimate of drug-likeness (QED) is 0.889. The van der Waals surface area contributed by atoms with E-state index in [1.54, 1.807) is 0 Å². The lowest BCUT2D eigenvalue weighted by Gasteiger charge is -2.49. The molecule has 4 bridgehead atoms. The summed E-state index contributed by atoms with van der Waals surface area (Å²) in [5.41, 5.74) is 1.82. The van der Waals surface area contributed by atoms with Crippen LogP contribution in [-0.4, -0.2) is 54.5 Å². The molecule has 1 amide bonds. The van der Waals surface area contributed by atoms with Crippen LogP contribution < -0.4 is 4.90 Å². The van der Waals surface area contributed by atoms with E-state index in [0.717, 1.165) is 31.6 Å². The second kappa shape index (κ2) is 5.29. The van der Waals surface area contributed by atoms with Gasteiger partial charge in [0.15, 0.2) is 0 Å². The van der Waals surface area contributed by atoms with Crippen molar-refractivity contribution in [3.05, 3.63) is 29.8 Å². The number of rotatable bonds is 2. The molecule has 5 nitrogen and oxygen atoms in total. The third-order valence-corrected chi connectivity index (χ3v) is 7.18. The third kappa shape index (κ3) is 1.92. The number of carbonyl (C=O) groups excluding carboxylic acids is 1. The monoisotopic (exact) mass is 342 g/mol. The van der Waals surface area contributed by atoms with E-state index in [1.165, 1.54) is 5.56 Å². The minimum Gasteiger partial charge on any atom is -0.393 e. The molecule has 1 N–H and O–H groups in total. The zero-order valence-electron chi connectivity index (χ0n) is 14.9. The van der Waals surface area contributed by atoms with Crippen molar-refractivity contribution in [1.29, 1.82) is 0 Å². The molecule has 1 aromatic carbocycles. The average molecular weight is 342 g/mol. The molecule has 1 unspecified atom stereocenters. The zero-order chi connectivity index (χ0) is 17.3. The van der Waals surface area contributed by atoms with Crippen LogP contribution in [0, 0.1) is 11.8 Å². The van der Waals surface area contributed by atoms with Crippen LogP contribution in [0.1, 0.15) is 31.7 Å². The van der Waals surface area contributed by atoms with Gasteiger partial charge in [0.05, 0.1) is 24.9 Å². The predicted molar refractivity (Wildman–Crippen MR) is 94.3 cm³/mol. The Morgan fingerprint density at radius 1 is 1.40 bits per heavy atom. The molecule has 1 aromatic rings. The molecule has 134 valence electrons. The maximum Gasteiger partial charge on any atom is 0.239 e. The Bertz CT molecular complexity index is 721. The van der Waals surface area contributed by atoms with Crippen molar-refractivity contribution in [3.63, 3.8) is 0 Å². The van der Waals surface area contributed by atoms with Gasteiger partial charge in [-0.25, -0.2) is 0 Å². The standard InChI is InChI=1S/C20H26N2O3/c1-12(23)7-13-8-18-20(9-17-14(13)10-25-11-22(17)18)15-5-3-4-6-16(15)21(2)19(20)24/h3-6,12-14,17-18,23H,7-11H2,1-2H3/t12-,13+,14+,17-,18-,20+/m0/s1. The predicted octanol–water partition coefficient (Wildman–Crippen LogP) is 1.74. The van der Waals surface area contributed by atoms with Crippen molar-refractivity contribution in [2.24, 2.45) is 11.8 Å². The molecular formula is C20H26N2O3. The van der Waals surface area contributed by atoms with E-state index in [2.05, 4.69) is 23.1 Å². The molecule has 7 atom stereocenters. The van der Waals surface area contributed by atoms with Gasteiger partial charge in [-0.05, 0) is 43.7 Å². The summed E-state index contributed by atoms with van der Waals surface area (Å²) in [5, 5.41) is 9.97. The molecule has 25 heavy (non-hydrogen) atoms. The Kier molecular flexibility index (Phi) is 3.34. The molecule has 1 spiro atoms. The molecule has 5 rings (SSSR count). The van der Waals surface area contributed by atoms with Gasteiger partial charge >= 0.3 is 0 Å². The van der Waals surface area contributed by atoms with Crippen LogP contribution in [0.4, 0.5) is 5.69 Å². The molecule has 5 heteroatoms. The van der Waals surface area contributed by atoms with Crippen molar-refractivity contribution in [2.45, 2.75) is 49.8 Å². The second-order valence-corrected chi connectivity index (χ2v) is 8.40. The van der Waals surface area contributed by atoms with Gasteiger partial charge in [-0.2, -0.15) is 0 Å². The van der Waals surface area contributed by atoms with E-state index in [0.29, 0.717) is 24.6 Å². The number of likely N-dealkylation sites (N-methyl/N-ethyl adjacent to an activating group) is 1. The summed E-state index contributed by atoms with van der Waals surface area (Å²) in [6.07, 6.45) is 2.37. The van der Waals surface area contributed by atoms with Crippen LogP contribution in [-0.2, 0) is 14.9 Å². The van der Waals surface area contributed by atoms with Gasteiger partial charge in [0.1, 0.15) is 0 Å². The van der Waals surface area contributed by atoms with Crippen molar-refractivity contribution < 1.29 is 14.6 Å². The van der Waals surface area contributed by atoms with E-state index < -0.39 is 5.41 Å². The summed E-state index contributed by atoms with van der Waals surface area (Å²) in [4.78, 5) is 17.8. The van der Waals surface area contributed by atoms with Gasteiger partial charge in [0, 0.05) is 30.7 Å². The van der Waals surface area contributed by atoms with E-state index >= 15 is 0 Å². The highest BCUT2D eigenvalue weighted by Crippen LogP contribution is 2.59. The fourth-order valence-corrected chi connectivity index (χ4v) is 6.23. The first kappa shape index (κ1) is 15.8. The Morgan fingerprint density at radius 3 is 3.00 bits per heavy atom. The largest absolute Gasteiger partial charge is 0.393 e. The van der Waals surface area contributed by atoms with Gasteiger partial charge in [0.2, 0.25) is 5.91 Å². The Hall–Kier alpha value is -1.43. The first-order valence-corrected chi connectivity index (χ1v) is 9.43. The molecule has 0 aromatic heterocycles. The number of anilines is 1. The van der Waals surface area contributed by atoms with Crippen LogP contribution >= 0.6 is 0 Å². The molecule has 0 aliphatic carbocycles. The van der Waals surface area contributed by atoms with Crippen LogP contribution in [0.25, 0.3) is 0 Å². The fourth-order valence-electron chi connectivity index (χ4n) is 6.23. The fraction of sp³-hybridized carbons (Fsp3) is 0.650. The Morgan fingerprint density at radius 2 is 2.20 bits per heavy atom. The maximum absolute atomic E-state index is 13.5. The van der Waals surface area contributed by atoms with Gasteiger partial charge in [-0.3, -0.25) is 9.69 Å². The summed E-state index contributed by atoms with van der Waals surface area (Å²) in [6, 6.07) is 8.85. The van der Waals surface area contributed by atoms with Crippen molar-refractivity contribution >= 4 is 11.6 Å². The molecule has 0 saturated carbocycles. The van der Waals surface area contributed by atoms with Crippen molar-refractivity contribution in [1.82, 2.24) is 4.90 Å². The summed E-state index contributed by atoms with van der Waals surface area (Å²) in [5.74, 6) is 1.09. The smallest absolute Gasteiger partial charge is 0.239 e. The second-order valence-electron chi connectivity index (χ2n) is 8.40. The summed E-state index contributed by atoms with van der Waals surface area (Å²) in [6.45, 7) is 3.26. The number of hydrogen-bond acceptors (Lipinski definition) is 4. The lowest BCUT2D eigenvalue weighted by molar-refractivity contribution is -0.138. The van der Waals surface area contributed by atoms with Crippen LogP contribution in [0.15, 0.2) is 24.3 Å². The highest BCUT2D eigenvalue weighted by atomic mass is 16.5. The number of hydrogen-bond donors (Lipinski definition) is 1. The number of benzene rings is 1. The molecule has 4 aliphatic heterocycles. The highest BCUT2D eigenvalue weighted by Gasteiger charge is 2.67. The number of para-hydroxylation sites is 1. The van der Waals surface area contributed by atoms with E-state index in [4.69, 9.17) is 4.74 Å². The minimum absolute atomic E-state index is 0.177. The summed E-state index contributed by atoms with van der Waals surface area (Å²) >= 11 is 0. The normalized spacial score (nSPS) is 42.8. The van der Waals surface area contributed by atoms with Crippen LogP contribution in [0.5, 0.6) is 0 Å². The van der Waals surface area contributed by atoms with Crippen LogP contribution in [0.3, 0.4) is 0 Å². The lowest BCUT2D eigenvalue weighted by atomic mass is 9.72. The number of fused-ring (bicyclic) bond motifs is 3. The first-order chi connectivity index (χ1) is 12.0. The number of aliphatic hydroxyl groups excluding tert-OH is 1. The van der Waals surface area contributed by atoms with E-state index in [9.17, 15) is 9.90 Å². The number of nitrogens with zero attached hydrogens (tertiary/aromatic N) is 2. The zero-order valence-corrected chi connectivity index (χ0v) is 14.9. The summed E-state index contributed by atoms with van der Waals surface area (Å²) < 4.78 is 5.90. The Labute approximate surface area is 148 Å². The van der Waals surface area contributed by atoms with Crippen molar-refractivity contribution in [2.75, 3.05) is 25.3 Å². The SMILES string of the molecule is C[C@H](O)C[C@@H]1C[C@@H]2N3COC[C@H]1[C@@H]3C[C@]21C(=O)N(C)c2ccccc21. The van der Waals surface area contributed by atoms with Crippen LogP contribution in [0.2, 0.25) is 0 Å². The molecule has 0 radical (unpaired) electrons. The summed E-state index contributed by atoms with van der Waals surface area (Å²) in [7, 11) is 1.91. The molecular weight excluding hydrogens is 316 g/mol. The van der Waals surface area contributed by atoms with E-state index in [-0.39, 0.29) is 18.1 Å². The first-order valence-electron chi connectivity index (χ1n) is 9.43. The minimum atomic E-state index is -0.435. The molecule has 3 fully saturated rings. The lowest BCUT2D eigenvalue weighted by Crippen LogP contribution is -2.58. The van der Waals surface area contributed by atoms with Gasteiger partial charge < -0.3 is 14.7 Å². The number of aliphatic hydroxyl groups is 1. The number of amides is 1. The molecule has 4 aliphatic rings. The topological polar surface area (TPSA) is 53.0 Å². The molecule has 4 heterocycles. The number of carbonyl (C=O) groups is 1.